The maximum absolute atomic E-state index is 12.7. The molecule has 0 aliphatic carbocycles. The van der Waals surface area contributed by atoms with Crippen molar-refractivity contribution in [3.05, 3.63) is 54.0 Å². The molecule has 1 aromatic carbocycles. The normalized spacial score (nSPS) is 16.6. The summed E-state index contributed by atoms with van der Waals surface area (Å²) in [4.78, 5) is 24.0. The van der Waals surface area contributed by atoms with Gasteiger partial charge in [-0.3, -0.25) is 4.79 Å². The van der Waals surface area contributed by atoms with Crippen LogP contribution in [0.5, 0.6) is 5.75 Å². The lowest BCUT2D eigenvalue weighted by molar-refractivity contribution is -0.130. The first-order chi connectivity index (χ1) is 13.7. The number of benzene rings is 1. The molecule has 1 fully saturated rings. The highest BCUT2D eigenvalue weighted by molar-refractivity contribution is 5.77. The summed E-state index contributed by atoms with van der Waals surface area (Å²) in [5.41, 5.74) is 3.02. The van der Waals surface area contributed by atoms with Crippen molar-refractivity contribution < 1.29 is 9.53 Å². The van der Waals surface area contributed by atoms with Crippen LogP contribution in [0.15, 0.2) is 42.6 Å². The molecule has 1 amide bonds. The van der Waals surface area contributed by atoms with Crippen LogP contribution in [-0.4, -0.2) is 45.5 Å². The molecule has 0 N–H and O–H groups in total. The molecule has 1 unspecified atom stereocenters. The lowest BCUT2D eigenvalue weighted by Gasteiger charge is -2.17. The van der Waals surface area contributed by atoms with Gasteiger partial charge in [0.15, 0.2) is 5.65 Å². The van der Waals surface area contributed by atoms with E-state index in [4.69, 9.17) is 9.72 Å². The minimum Gasteiger partial charge on any atom is -0.497 e. The molecule has 0 bridgehead atoms. The van der Waals surface area contributed by atoms with Gasteiger partial charge in [0.25, 0.3) is 0 Å². The zero-order chi connectivity index (χ0) is 19.5. The molecule has 0 radical (unpaired) electrons. The summed E-state index contributed by atoms with van der Waals surface area (Å²) in [6.45, 7) is 4.49. The first kappa shape index (κ1) is 18.5. The van der Waals surface area contributed by atoms with Crippen LogP contribution in [0.25, 0.3) is 11.2 Å². The number of hydrogen-bond acceptors (Lipinski definition) is 4. The van der Waals surface area contributed by atoms with E-state index in [2.05, 4.69) is 16.5 Å². The van der Waals surface area contributed by atoms with E-state index in [0.717, 1.165) is 60.8 Å². The number of carbonyl (C=O) groups is 1. The molecule has 2 aromatic heterocycles. The number of aromatic nitrogens is 3. The number of methoxy groups -OCH3 is 1. The van der Waals surface area contributed by atoms with Crippen LogP contribution >= 0.6 is 0 Å². The number of carbonyl (C=O) groups excluding carboxylic acids is 1. The van der Waals surface area contributed by atoms with Crippen molar-refractivity contribution in [1.82, 2.24) is 19.4 Å². The maximum atomic E-state index is 12.7. The SMILES string of the molecule is CCn1c(C2CCN(C(=O)CCc3ccc(OC)cc3)C2)nc2cccnc21. The van der Waals surface area contributed by atoms with Crippen LogP contribution in [0.3, 0.4) is 0 Å². The Bertz CT molecular complexity index is 964. The van der Waals surface area contributed by atoms with Crippen LogP contribution in [0.4, 0.5) is 0 Å². The fourth-order valence-corrected chi connectivity index (χ4v) is 4.00. The Morgan fingerprint density at radius 3 is 2.82 bits per heavy atom. The Hall–Kier alpha value is -2.89. The highest BCUT2D eigenvalue weighted by Crippen LogP contribution is 2.29. The first-order valence-electron chi connectivity index (χ1n) is 9.91. The van der Waals surface area contributed by atoms with Gasteiger partial charge in [-0.05, 0) is 49.6 Å². The minimum atomic E-state index is 0.218. The van der Waals surface area contributed by atoms with Crippen molar-refractivity contribution in [2.75, 3.05) is 20.2 Å². The third-order valence-corrected chi connectivity index (χ3v) is 5.54. The van der Waals surface area contributed by atoms with Crippen molar-refractivity contribution in [3.8, 4) is 5.75 Å². The predicted molar refractivity (Wildman–Crippen MR) is 108 cm³/mol. The van der Waals surface area contributed by atoms with Gasteiger partial charge in [-0.2, -0.15) is 0 Å². The standard InChI is InChI=1S/C22H26N4O2/c1-3-26-21(24-19-5-4-13-23-22(19)26)17-12-14-25(15-17)20(27)11-8-16-6-9-18(28-2)10-7-16/h4-7,9-10,13,17H,3,8,11-12,14-15H2,1-2H3. The quantitative estimate of drug-likeness (QED) is 0.660. The topological polar surface area (TPSA) is 60.2 Å². The van der Waals surface area contributed by atoms with Gasteiger partial charge in [-0.15, -0.1) is 0 Å². The molecule has 1 aliphatic heterocycles. The van der Waals surface area contributed by atoms with Gasteiger partial charge < -0.3 is 14.2 Å². The molecule has 0 saturated carbocycles. The van der Waals surface area contributed by atoms with Crippen LogP contribution < -0.4 is 4.74 Å². The molecule has 3 aromatic rings. The lowest BCUT2D eigenvalue weighted by Crippen LogP contribution is -2.29. The Kier molecular flexibility index (Phi) is 5.28. The molecule has 4 rings (SSSR count). The number of amides is 1. The second-order valence-electron chi connectivity index (χ2n) is 7.23. The van der Waals surface area contributed by atoms with Gasteiger partial charge >= 0.3 is 0 Å². The second kappa shape index (κ2) is 8.00. The van der Waals surface area contributed by atoms with Gasteiger partial charge in [-0.25, -0.2) is 9.97 Å². The number of fused-ring (bicyclic) bond motifs is 1. The molecule has 28 heavy (non-hydrogen) atoms. The van der Waals surface area contributed by atoms with E-state index in [-0.39, 0.29) is 11.8 Å². The number of nitrogens with zero attached hydrogens (tertiary/aromatic N) is 4. The van der Waals surface area contributed by atoms with Crippen LogP contribution in [0.2, 0.25) is 0 Å². The van der Waals surface area contributed by atoms with E-state index in [0.29, 0.717) is 6.42 Å². The first-order valence-corrected chi connectivity index (χ1v) is 9.91. The molecular weight excluding hydrogens is 352 g/mol. The molecule has 6 heteroatoms. The van der Waals surface area contributed by atoms with Crippen molar-refractivity contribution in [2.45, 2.75) is 38.6 Å². The van der Waals surface area contributed by atoms with Crippen LogP contribution in [0, 0.1) is 0 Å². The van der Waals surface area contributed by atoms with E-state index >= 15 is 0 Å². The molecule has 6 nitrogen and oxygen atoms in total. The summed E-state index contributed by atoms with van der Waals surface area (Å²) in [6.07, 6.45) is 4.05. The fraction of sp³-hybridized carbons (Fsp3) is 0.409. The zero-order valence-corrected chi connectivity index (χ0v) is 16.5. The van der Waals surface area contributed by atoms with Gasteiger partial charge in [0.05, 0.1) is 7.11 Å². The third-order valence-electron chi connectivity index (χ3n) is 5.54. The smallest absolute Gasteiger partial charge is 0.222 e. The number of ether oxygens (including phenoxy) is 1. The molecule has 1 aliphatic rings. The summed E-state index contributed by atoms with van der Waals surface area (Å²) in [5, 5.41) is 0. The molecular formula is C22H26N4O2. The minimum absolute atomic E-state index is 0.218. The van der Waals surface area contributed by atoms with Gasteiger partial charge in [0.1, 0.15) is 17.1 Å². The van der Waals surface area contributed by atoms with Crippen molar-refractivity contribution in [2.24, 2.45) is 0 Å². The van der Waals surface area contributed by atoms with Crippen molar-refractivity contribution in [3.63, 3.8) is 0 Å². The molecule has 146 valence electrons. The Morgan fingerprint density at radius 1 is 1.25 bits per heavy atom. The van der Waals surface area contributed by atoms with E-state index < -0.39 is 0 Å². The molecule has 3 heterocycles. The Morgan fingerprint density at radius 2 is 2.07 bits per heavy atom. The highest BCUT2D eigenvalue weighted by atomic mass is 16.5. The van der Waals surface area contributed by atoms with E-state index in [1.54, 1.807) is 7.11 Å². The predicted octanol–water partition coefficient (Wildman–Crippen LogP) is 3.41. The largest absolute Gasteiger partial charge is 0.497 e. The van der Waals surface area contributed by atoms with Crippen LogP contribution in [0.1, 0.15) is 37.1 Å². The van der Waals surface area contributed by atoms with E-state index in [1.807, 2.05) is 47.5 Å². The summed E-state index contributed by atoms with van der Waals surface area (Å²) in [6, 6.07) is 11.8. The van der Waals surface area contributed by atoms with Crippen LogP contribution in [-0.2, 0) is 17.8 Å². The summed E-state index contributed by atoms with van der Waals surface area (Å²) >= 11 is 0. The van der Waals surface area contributed by atoms with Crippen molar-refractivity contribution >= 4 is 17.1 Å². The summed E-state index contributed by atoms with van der Waals surface area (Å²) in [7, 11) is 1.66. The Balaban J connectivity index is 1.40. The number of likely N-dealkylation sites (tertiary alicyclic amines) is 1. The maximum Gasteiger partial charge on any atom is 0.222 e. The third kappa shape index (κ3) is 3.59. The number of imidazole rings is 1. The van der Waals surface area contributed by atoms with Gasteiger partial charge in [0.2, 0.25) is 5.91 Å². The van der Waals surface area contributed by atoms with Gasteiger partial charge in [0, 0.05) is 38.2 Å². The fourth-order valence-electron chi connectivity index (χ4n) is 4.00. The Labute approximate surface area is 165 Å². The van der Waals surface area contributed by atoms with Gasteiger partial charge in [-0.1, -0.05) is 12.1 Å². The number of hydrogen-bond donors (Lipinski definition) is 0. The number of pyridine rings is 1. The van der Waals surface area contributed by atoms with E-state index in [9.17, 15) is 4.79 Å². The van der Waals surface area contributed by atoms with E-state index in [1.165, 1.54) is 0 Å². The molecule has 1 atom stereocenters. The second-order valence-corrected chi connectivity index (χ2v) is 7.23. The average molecular weight is 378 g/mol. The number of aryl methyl sites for hydroxylation is 2. The highest BCUT2D eigenvalue weighted by Gasteiger charge is 2.30. The average Bonchev–Trinajstić information content (AvgIpc) is 3.36. The summed E-state index contributed by atoms with van der Waals surface area (Å²) in [5.74, 6) is 2.39. The lowest BCUT2D eigenvalue weighted by atomic mass is 10.1. The zero-order valence-electron chi connectivity index (χ0n) is 16.5. The monoisotopic (exact) mass is 378 g/mol. The molecule has 1 saturated heterocycles. The molecule has 0 spiro atoms. The summed E-state index contributed by atoms with van der Waals surface area (Å²) < 4.78 is 7.37. The van der Waals surface area contributed by atoms with Crippen molar-refractivity contribution in [1.29, 1.82) is 0 Å². The number of rotatable bonds is 6.